The van der Waals surface area contributed by atoms with Crippen LogP contribution >= 0.6 is 0 Å². The molecule has 0 radical (unpaired) electrons. The normalized spacial score (nSPS) is 11.7. The van der Waals surface area contributed by atoms with Gasteiger partial charge in [-0.15, -0.1) is 0 Å². The van der Waals surface area contributed by atoms with Crippen LogP contribution in [0.1, 0.15) is 17.0 Å². The lowest BCUT2D eigenvalue weighted by Gasteiger charge is -2.19. The molecule has 0 amide bonds. The summed E-state index contributed by atoms with van der Waals surface area (Å²) in [6.07, 6.45) is 0.742. The fourth-order valence-electron chi connectivity index (χ4n) is 2.75. The van der Waals surface area contributed by atoms with Crippen molar-refractivity contribution in [3.63, 3.8) is 0 Å². The van der Waals surface area contributed by atoms with E-state index in [1.807, 2.05) is 36.4 Å². The third-order valence-electron chi connectivity index (χ3n) is 4.12. The highest BCUT2D eigenvalue weighted by Gasteiger charge is 2.16. The molecule has 2 aromatic rings. The summed E-state index contributed by atoms with van der Waals surface area (Å²) < 4.78 is 21.5. The fourth-order valence-corrected chi connectivity index (χ4v) is 2.75. The van der Waals surface area contributed by atoms with E-state index < -0.39 is 0 Å². The Balaban J connectivity index is 2.33. The van der Waals surface area contributed by atoms with Gasteiger partial charge in [-0.1, -0.05) is 6.07 Å². The first-order chi connectivity index (χ1) is 11.7. The first-order valence-electron chi connectivity index (χ1n) is 7.79. The van der Waals surface area contributed by atoms with Gasteiger partial charge in [0.25, 0.3) is 0 Å². The second kappa shape index (κ2) is 8.45. The Morgan fingerprint density at radius 3 is 2.04 bits per heavy atom. The number of rotatable bonds is 8. The van der Waals surface area contributed by atoms with Crippen molar-refractivity contribution in [2.75, 3.05) is 35.0 Å². The molecule has 24 heavy (non-hydrogen) atoms. The molecule has 0 aliphatic rings. The maximum absolute atomic E-state index is 6.03. The van der Waals surface area contributed by atoms with Crippen LogP contribution in [0.25, 0.3) is 0 Å². The van der Waals surface area contributed by atoms with Crippen LogP contribution in [-0.2, 0) is 6.42 Å². The van der Waals surface area contributed by atoms with E-state index in [-0.39, 0.29) is 5.92 Å². The van der Waals surface area contributed by atoms with Crippen LogP contribution in [0, 0.1) is 0 Å². The van der Waals surface area contributed by atoms with Gasteiger partial charge in [-0.3, -0.25) is 0 Å². The summed E-state index contributed by atoms with van der Waals surface area (Å²) in [7, 11) is 6.57. The topological polar surface area (TPSA) is 62.9 Å². The van der Waals surface area contributed by atoms with Crippen molar-refractivity contribution in [3.05, 3.63) is 47.5 Å². The zero-order valence-electron chi connectivity index (χ0n) is 14.7. The molecule has 2 aromatic carbocycles. The van der Waals surface area contributed by atoms with E-state index in [9.17, 15) is 0 Å². The summed E-state index contributed by atoms with van der Waals surface area (Å²) in [5.74, 6) is 3.16. The maximum atomic E-state index is 6.03. The summed E-state index contributed by atoms with van der Waals surface area (Å²) in [4.78, 5) is 0. The first-order valence-corrected chi connectivity index (χ1v) is 7.79. The van der Waals surface area contributed by atoms with E-state index in [1.54, 1.807) is 28.4 Å². The molecule has 0 saturated carbocycles. The van der Waals surface area contributed by atoms with Crippen molar-refractivity contribution in [3.8, 4) is 23.0 Å². The second-order valence-corrected chi connectivity index (χ2v) is 5.43. The number of ether oxygens (including phenoxy) is 4. The largest absolute Gasteiger partial charge is 0.497 e. The van der Waals surface area contributed by atoms with Crippen LogP contribution in [0.5, 0.6) is 23.0 Å². The Labute approximate surface area is 143 Å². The van der Waals surface area contributed by atoms with E-state index in [4.69, 9.17) is 24.7 Å². The minimum atomic E-state index is 0.130. The molecule has 5 heteroatoms. The molecule has 5 nitrogen and oxygen atoms in total. The maximum Gasteiger partial charge on any atom is 0.160 e. The molecule has 0 bridgehead atoms. The summed E-state index contributed by atoms with van der Waals surface area (Å²) in [5.41, 5.74) is 8.19. The zero-order valence-corrected chi connectivity index (χ0v) is 14.7. The van der Waals surface area contributed by atoms with Gasteiger partial charge in [0.15, 0.2) is 11.5 Å². The number of hydrogen-bond acceptors (Lipinski definition) is 5. The second-order valence-electron chi connectivity index (χ2n) is 5.43. The molecular formula is C19H25NO4. The average molecular weight is 331 g/mol. The van der Waals surface area contributed by atoms with Crippen LogP contribution in [0.15, 0.2) is 36.4 Å². The van der Waals surface area contributed by atoms with Crippen molar-refractivity contribution in [2.45, 2.75) is 12.3 Å². The molecule has 0 aliphatic carbocycles. The van der Waals surface area contributed by atoms with Crippen LogP contribution in [0.4, 0.5) is 0 Å². The molecule has 0 aromatic heterocycles. The van der Waals surface area contributed by atoms with Crippen LogP contribution < -0.4 is 24.7 Å². The summed E-state index contributed by atoms with van der Waals surface area (Å²) >= 11 is 0. The number of hydrogen-bond donors (Lipinski definition) is 1. The van der Waals surface area contributed by atoms with Gasteiger partial charge in [0.05, 0.1) is 28.4 Å². The predicted octanol–water partition coefficient (Wildman–Crippen LogP) is 3.01. The molecular weight excluding hydrogens is 306 g/mol. The smallest absolute Gasteiger partial charge is 0.160 e. The number of methoxy groups -OCH3 is 4. The summed E-state index contributed by atoms with van der Waals surface area (Å²) in [6.45, 7) is 0.510. The molecule has 130 valence electrons. The molecule has 0 heterocycles. The van der Waals surface area contributed by atoms with Crippen LogP contribution in [0.2, 0.25) is 0 Å². The molecule has 2 N–H and O–H groups in total. The lowest BCUT2D eigenvalue weighted by atomic mass is 9.91. The van der Waals surface area contributed by atoms with Gasteiger partial charge in [0.2, 0.25) is 0 Å². The van der Waals surface area contributed by atoms with E-state index in [1.165, 1.54) is 0 Å². The Hall–Kier alpha value is -2.40. The first kappa shape index (κ1) is 17.9. The molecule has 0 saturated heterocycles. The van der Waals surface area contributed by atoms with Crippen molar-refractivity contribution in [2.24, 2.45) is 5.73 Å². The molecule has 2 rings (SSSR count). The average Bonchev–Trinajstić information content (AvgIpc) is 2.65. The van der Waals surface area contributed by atoms with Crippen molar-refractivity contribution >= 4 is 0 Å². The number of nitrogens with two attached hydrogens (primary N) is 1. The van der Waals surface area contributed by atoms with Gasteiger partial charge in [-0.05, 0) is 54.4 Å². The zero-order chi connectivity index (χ0) is 17.5. The minimum absolute atomic E-state index is 0.130. The van der Waals surface area contributed by atoms with Crippen molar-refractivity contribution in [1.82, 2.24) is 0 Å². The van der Waals surface area contributed by atoms with Crippen LogP contribution in [0.3, 0.4) is 0 Å². The van der Waals surface area contributed by atoms with E-state index in [2.05, 4.69) is 0 Å². The minimum Gasteiger partial charge on any atom is -0.497 e. The van der Waals surface area contributed by atoms with Crippen LogP contribution in [-0.4, -0.2) is 35.0 Å². The number of benzene rings is 2. The Morgan fingerprint density at radius 1 is 0.792 bits per heavy atom. The Morgan fingerprint density at radius 2 is 1.46 bits per heavy atom. The Kier molecular flexibility index (Phi) is 6.32. The van der Waals surface area contributed by atoms with Gasteiger partial charge in [0.1, 0.15) is 11.5 Å². The highest BCUT2D eigenvalue weighted by molar-refractivity contribution is 5.46. The Bertz CT molecular complexity index is 672. The van der Waals surface area contributed by atoms with Crippen molar-refractivity contribution < 1.29 is 18.9 Å². The molecule has 0 fully saturated rings. The van der Waals surface area contributed by atoms with E-state index in [0.717, 1.165) is 29.0 Å². The van der Waals surface area contributed by atoms with Gasteiger partial charge < -0.3 is 24.7 Å². The monoisotopic (exact) mass is 331 g/mol. The standard InChI is InChI=1S/C19H25NO4/c1-21-16-6-8-17(22-2)14(10-16)9-15(12-20)13-5-7-18(23-3)19(11-13)24-4/h5-8,10-11,15H,9,12,20H2,1-4H3. The highest BCUT2D eigenvalue weighted by atomic mass is 16.5. The summed E-state index contributed by atoms with van der Waals surface area (Å²) in [6, 6.07) is 11.7. The molecule has 0 aliphatic heterocycles. The van der Waals surface area contributed by atoms with Gasteiger partial charge in [-0.25, -0.2) is 0 Å². The molecule has 1 atom stereocenters. The fraction of sp³-hybridized carbons (Fsp3) is 0.368. The van der Waals surface area contributed by atoms with Gasteiger partial charge >= 0.3 is 0 Å². The van der Waals surface area contributed by atoms with E-state index in [0.29, 0.717) is 18.0 Å². The third-order valence-corrected chi connectivity index (χ3v) is 4.12. The van der Waals surface area contributed by atoms with Gasteiger partial charge in [-0.2, -0.15) is 0 Å². The predicted molar refractivity (Wildman–Crippen MR) is 94.6 cm³/mol. The summed E-state index contributed by atoms with van der Waals surface area (Å²) in [5, 5.41) is 0. The highest BCUT2D eigenvalue weighted by Crippen LogP contribution is 2.33. The lowest BCUT2D eigenvalue weighted by Crippen LogP contribution is -2.15. The van der Waals surface area contributed by atoms with Crippen molar-refractivity contribution in [1.29, 1.82) is 0 Å². The van der Waals surface area contributed by atoms with E-state index >= 15 is 0 Å². The lowest BCUT2D eigenvalue weighted by molar-refractivity contribution is 0.354. The molecule has 1 unspecified atom stereocenters. The quantitative estimate of drug-likeness (QED) is 0.805. The molecule has 0 spiro atoms. The third kappa shape index (κ3) is 3.92. The SMILES string of the molecule is COc1ccc(OC)c(CC(CN)c2ccc(OC)c(OC)c2)c1. The van der Waals surface area contributed by atoms with Gasteiger partial charge in [0, 0.05) is 5.92 Å².